The molecule has 8 heteroatoms. The molecule has 2 atom stereocenters. The number of hydrogen-bond acceptors (Lipinski definition) is 4. The van der Waals surface area contributed by atoms with Gasteiger partial charge < -0.3 is 15.2 Å². The molecule has 2 N–H and O–H groups in total. The molecule has 0 saturated heterocycles. The fourth-order valence-corrected chi connectivity index (χ4v) is 3.42. The molecular weight excluding hydrogens is 378 g/mol. The highest BCUT2D eigenvalue weighted by atomic mass is 35.5. The van der Waals surface area contributed by atoms with Gasteiger partial charge in [-0.3, -0.25) is 9.78 Å². The van der Waals surface area contributed by atoms with Gasteiger partial charge in [0.2, 0.25) is 5.67 Å². The first-order chi connectivity index (χ1) is 13.0. The molecule has 144 valence electrons. The number of amides is 1. The van der Waals surface area contributed by atoms with Crippen LogP contribution in [-0.4, -0.2) is 29.2 Å². The zero-order valence-electron chi connectivity index (χ0n) is 14.4. The second-order valence-electron chi connectivity index (χ2n) is 6.28. The predicted octanol–water partition coefficient (Wildman–Crippen LogP) is 3.20. The van der Waals surface area contributed by atoms with Crippen LogP contribution in [0.5, 0.6) is 0 Å². The number of carbonyl (C=O) groups is 1. The molecule has 2 aromatic rings. The summed E-state index contributed by atoms with van der Waals surface area (Å²) in [5.74, 6) is -1.30. The number of benzene rings is 1. The predicted molar refractivity (Wildman–Crippen MR) is 95.3 cm³/mol. The van der Waals surface area contributed by atoms with E-state index in [1.165, 1.54) is 24.4 Å². The van der Waals surface area contributed by atoms with Gasteiger partial charge in [-0.2, -0.15) is 0 Å². The van der Waals surface area contributed by atoms with Crippen molar-refractivity contribution in [2.45, 2.75) is 31.2 Å². The number of rotatable bonds is 6. The molecule has 3 rings (SSSR count). The third kappa shape index (κ3) is 4.10. The van der Waals surface area contributed by atoms with Crippen LogP contribution in [-0.2, 0) is 21.7 Å². The number of aliphatic hydroxyl groups is 1. The van der Waals surface area contributed by atoms with Crippen LogP contribution in [0.15, 0.2) is 36.5 Å². The third-order valence-electron chi connectivity index (χ3n) is 4.55. The van der Waals surface area contributed by atoms with Crippen LogP contribution >= 0.6 is 11.6 Å². The second kappa shape index (κ2) is 8.29. The van der Waals surface area contributed by atoms with Crippen LogP contribution in [0.2, 0.25) is 5.02 Å². The van der Waals surface area contributed by atoms with Gasteiger partial charge in [0.15, 0.2) is 0 Å². The summed E-state index contributed by atoms with van der Waals surface area (Å²) >= 11 is 5.95. The maximum atomic E-state index is 15.7. The normalized spacial score (nSPS) is 21.6. The lowest BCUT2D eigenvalue weighted by Crippen LogP contribution is -2.44. The summed E-state index contributed by atoms with van der Waals surface area (Å²) in [5, 5.41) is 11.6. The molecule has 1 aromatic heterocycles. The maximum absolute atomic E-state index is 15.7. The largest absolute Gasteiger partial charge is 0.394 e. The Morgan fingerprint density at radius 1 is 1.44 bits per heavy atom. The second-order valence-corrected chi connectivity index (χ2v) is 6.68. The molecule has 1 heterocycles. The van der Waals surface area contributed by atoms with Crippen LogP contribution in [0.3, 0.4) is 0 Å². The van der Waals surface area contributed by atoms with Crippen LogP contribution < -0.4 is 5.32 Å². The van der Waals surface area contributed by atoms with Gasteiger partial charge in [-0.05, 0) is 36.6 Å². The number of carbonyl (C=O) groups excluding carboxylic acids is 1. The summed E-state index contributed by atoms with van der Waals surface area (Å²) in [6, 6.07) is 6.88. The van der Waals surface area contributed by atoms with Crippen molar-refractivity contribution in [3.05, 3.63) is 64.2 Å². The number of halogens is 3. The van der Waals surface area contributed by atoms with Crippen molar-refractivity contribution in [1.82, 2.24) is 10.3 Å². The molecule has 1 aromatic carbocycles. The summed E-state index contributed by atoms with van der Waals surface area (Å²) in [6.45, 7) is -0.0722. The van der Waals surface area contributed by atoms with Gasteiger partial charge in [0.25, 0.3) is 5.91 Å². The molecule has 0 bridgehead atoms. The number of nitrogens with zero attached hydrogens (tertiary/aromatic N) is 1. The molecule has 1 amide bonds. The maximum Gasteiger partial charge on any atom is 0.262 e. The lowest BCUT2D eigenvalue weighted by atomic mass is 9.80. The molecule has 0 radical (unpaired) electrons. The van der Waals surface area contributed by atoms with E-state index >= 15 is 4.39 Å². The summed E-state index contributed by atoms with van der Waals surface area (Å²) in [7, 11) is 0. The minimum absolute atomic E-state index is 0.0242. The Balaban J connectivity index is 1.79. The van der Waals surface area contributed by atoms with Crippen LogP contribution in [0.25, 0.3) is 0 Å². The molecule has 1 aliphatic rings. The standard InChI is InChI=1S/C19H19ClF2N2O3/c20-15-10-13(21)4-3-12(15)11-24-18(26)19(22)6-5-16(27-9-8-25)17-14(19)2-1-7-23-17/h1-4,7,10,16,25H,5-6,8-9,11H2,(H,24,26)/t16-,19-/m0/s1. The highest BCUT2D eigenvalue weighted by Gasteiger charge is 2.47. The van der Waals surface area contributed by atoms with Gasteiger partial charge >= 0.3 is 0 Å². The van der Waals surface area contributed by atoms with Gasteiger partial charge in [0.1, 0.15) is 11.9 Å². The number of ether oxygens (including phenoxy) is 1. The van der Waals surface area contributed by atoms with E-state index in [-0.39, 0.29) is 43.2 Å². The Labute approximate surface area is 160 Å². The van der Waals surface area contributed by atoms with Crippen molar-refractivity contribution in [3.8, 4) is 0 Å². The fraction of sp³-hybridized carbons (Fsp3) is 0.368. The Bertz CT molecular complexity index is 836. The van der Waals surface area contributed by atoms with Crippen molar-refractivity contribution in [3.63, 3.8) is 0 Å². The molecular formula is C19H19ClF2N2O3. The average Bonchev–Trinajstić information content (AvgIpc) is 2.67. The SMILES string of the molecule is O=C(NCc1ccc(F)cc1Cl)[C@]1(F)CC[C@H](OCCO)c2ncccc21. The topological polar surface area (TPSA) is 71.5 Å². The first-order valence-corrected chi connectivity index (χ1v) is 8.92. The lowest BCUT2D eigenvalue weighted by Gasteiger charge is -2.34. The highest BCUT2D eigenvalue weighted by Crippen LogP contribution is 2.43. The van der Waals surface area contributed by atoms with E-state index in [4.69, 9.17) is 21.4 Å². The quantitative estimate of drug-likeness (QED) is 0.786. The van der Waals surface area contributed by atoms with E-state index in [1.54, 1.807) is 6.07 Å². The zero-order valence-corrected chi connectivity index (χ0v) is 15.2. The molecule has 0 spiro atoms. The van der Waals surface area contributed by atoms with E-state index in [0.717, 1.165) is 6.07 Å². The highest BCUT2D eigenvalue weighted by molar-refractivity contribution is 6.31. The number of alkyl halides is 1. The van der Waals surface area contributed by atoms with Crippen molar-refractivity contribution >= 4 is 17.5 Å². The smallest absolute Gasteiger partial charge is 0.262 e. The minimum Gasteiger partial charge on any atom is -0.394 e. The summed E-state index contributed by atoms with van der Waals surface area (Å²) in [4.78, 5) is 16.8. The summed E-state index contributed by atoms with van der Waals surface area (Å²) in [6.07, 6.45) is 1.21. The van der Waals surface area contributed by atoms with Crippen molar-refractivity contribution in [2.75, 3.05) is 13.2 Å². The Morgan fingerprint density at radius 2 is 2.26 bits per heavy atom. The molecule has 0 fully saturated rings. The number of fused-ring (bicyclic) bond motifs is 1. The Hall–Kier alpha value is -2.09. The Morgan fingerprint density at radius 3 is 3.00 bits per heavy atom. The third-order valence-corrected chi connectivity index (χ3v) is 4.90. The van der Waals surface area contributed by atoms with Crippen molar-refractivity contribution in [1.29, 1.82) is 0 Å². The number of hydrogen-bond donors (Lipinski definition) is 2. The van der Waals surface area contributed by atoms with Gasteiger partial charge in [0, 0.05) is 23.3 Å². The summed E-state index contributed by atoms with van der Waals surface area (Å²) < 4.78 is 34.3. The van der Waals surface area contributed by atoms with Crippen LogP contribution in [0, 0.1) is 5.82 Å². The average molecular weight is 397 g/mol. The molecule has 5 nitrogen and oxygen atoms in total. The number of aromatic nitrogens is 1. The lowest BCUT2D eigenvalue weighted by molar-refractivity contribution is -0.136. The number of pyridine rings is 1. The van der Waals surface area contributed by atoms with Crippen LogP contribution in [0.1, 0.15) is 35.8 Å². The first kappa shape index (κ1) is 19.7. The molecule has 0 unspecified atom stereocenters. The van der Waals surface area contributed by atoms with E-state index < -0.39 is 23.5 Å². The zero-order chi connectivity index (χ0) is 19.4. The van der Waals surface area contributed by atoms with Gasteiger partial charge in [0.05, 0.1) is 18.9 Å². The van der Waals surface area contributed by atoms with Gasteiger partial charge in [-0.15, -0.1) is 0 Å². The Kier molecular flexibility index (Phi) is 6.04. The van der Waals surface area contributed by atoms with E-state index in [2.05, 4.69) is 10.3 Å². The number of nitrogens with one attached hydrogen (secondary N) is 1. The first-order valence-electron chi connectivity index (χ1n) is 8.54. The molecule has 27 heavy (non-hydrogen) atoms. The van der Waals surface area contributed by atoms with E-state index in [1.807, 2.05) is 0 Å². The summed E-state index contributed by atoms with van der Waals surface area (Å²) in [5.41, 5.74) is -1.26. The van der Waals surface area contributed by atoms with Crippen molar-refractivity contribution in [2.24, 2.45) is 0 Å². The minimum atomic E-state index is -2.25. The molecule has 0 saturated carbocycles. The molecule has 1 aliphatic carbocycles. The van der Waals surface area contributed by atoms with Crippen LogP contribution in [0.4, 0.5) is 8.78 Å². The fourth-order valence-electron chi connectivity index (χ4n) is 3.18. The molecule has 0 aliphatic heterocycles. The van der Waals surface area contributed by atoms with Gasteiger partial charge in [-0.25, -0.2) is 8.78 Å². The monoisotopic (exact) mass is 396 g/mol. The van der Waals surface area contributed by atoms with Crippen molar-refractivity contribution < 1.29 is 23.4 Å². The van der Waals surface area contributed by atoms with Gasteiger partial charge in [-0.1, -0.05) is 23.7 Å². The van der Waals surface area contributed by atoms with E-state index in [9.17, 15) is 9.18 Å². The van der Waals surface area contributed by atoms with E-state index in [0.29, 0.717) is 11.3 Å². The number of aliphatic hydroxyl groups excluding tert-OH is 1.